The van der Waals surface area contributed by atoms with E-state index in [1.807, 2.05) is 0 Å². The molecule has 0 bridgehead atoms. The largest absolute Gasteiger partial charge is 0.472 e. The first kappa shape index (κ1) is 9.73. The molecule has 70 valence electrons. The Hall–Kier alpha value is -1.36. The summed E-state index contributed by atoms with van der Waals surface area (Å²) in [5.74, 6) is -0.242. The smallest absolute Gasteiger partial charge is 0.255 e. The first-order valence-corrected chi connectivity index (χ1v) is 4.14. The van der Waals surface area contributed by atoms with Crippen LogP contribution in [0.1, 0.15) is 17.3 Å². The van der Waals surface area contributed by atoms with E-state index in [2.05, 4.69) is 5.32 Å². The Morgan fingerprint density at radius 1 is 1.77 bits per heavy atom. The topological polar surface area (TPSA) is 68.3 Å². The van der Waals surface area contributed by atoms with Gasteiger partial charge in [-0.3, -0.25) is 4.79 Å². The normalized spacial score (nSPS) is 12.1. The number of amides is 1. The predicted octanol–water partition coefficient (Wildman–Crippen LogP) is 0.684. The van der Waals surface area contributed by atoms with Gasteiger partial charge in [-0.15, -0.1) is 0 Å². The highest BCUT2D eigenvalue weighted by atomic mass is 32.1. The third-order valence-corrected chi connectivity index (χ3v) is 1.91. The van der Waals surface area contributed by atoms with Crippen LogP contribution in [0.4, 0.5) is 0 Å². The van der Waals surface area contributed by atoms with E-state index in [0.29, 0.717) is 5.56 Å². The third-order valence-electron chi connectivity index (χ3n) is 1.56. The molecule has 1 rings (SSSR count). The van der Waals surface area contributed by atoms with Gasteiger partial charge in [0.25, 0.3) is 5.91 Å². The Balaban J connectivity index is 2.56. The molecule has 0 saturated carbocycles. The van der Waals surface area contributed by atoms with Crippen molar-refractivity contribution in [2.24, 2.45) is 5.73 Å². The van der Waals surface area contributed by atoms with Crippen LogP contribution in [0.5, 0.6) is 0 Å². The number of rotatable bonds is 3. The summed E-state index contributed by atoms with van der Waals surface area (Å²) < 4.78 is 4.75. The van der Waals surface area contributed by atoms with Gasteiger partial charge in [-0.25, -0.2) is 0 Å². The molecule has 0 fully saturated rings. The van der Waals surface area contributed by atoms with Crippen molar-refractivity contribution in [3.63, 3.8) is 0 Å². The van der Waals surface area contributed by atoms with Gasteiger partial charge in [-0.1, -0.05) is 12.2 Å². The summed E-state index contributed by atoms with van der Waals surface area (Å²) >= 11 is 4.71. The van der Waals surface area contributed by atoms with Crippen molar-refractivity contribution < 1.29 is 9.21 Å². The molecule has 0 aromatic carbocycles. The van der Waals surface area contributed by atoms with Crippen LogP contribution in [0.2, 0.25) is 0 Å². The van der Waals surface area contributed by atoms with Gasteiger partial charge in [0.2, 0.25) is 0 Å². The van der Waals surface area contributed by atoms with Crippen LogP contribution in [0.3, 0.4) is 0 Å². The molecule has 1 atom stereocenters. The SMILES string of the molecule is CC(NC(=O)c1ccoc1)C(N)=S. The molecule has 13 heavy (non-hydrogen) atoms. The standard InChI is InChI=1S/C8H10N2O2S/c1-5(7(9)13)10-8(11)6-2-3-12-4-6/h2-5H,1H3,(H2,9,13)(H,10,11). The van der Waals surface area contributed by atoms with E-state index < -0.39 is 0 Å². The summed E-state index contributed by atoms with van der Waals surface area (Å²) in [7, 11) is 0. The quantitative estimate of drug-likeness (QED) is 0.701. The molecule has 1 unspecified atom stereocenters. The van der Waals surface area contributed by atoms with Crippen molar-refractivity contribution in [2.75, 3.05) is 0 Å². The van der Waals surface area contributed by atoms with E-state index in [-0.39, 0.29) is 16.9 Å². The second-order valence-corrected chi connectivity index (χ2v) is 3.08. The van der Waals surface area contributed by atoms with E-state index in [1.54, 1.807) is 13.0 Å². The maximum Gasteiger partial charge on any atom is 0.255 e. The van der Waals surface area contributed by atoms with Crippen molar-refractivity contribution in [3.05, 3.63) is 24.2 Å². The summed E-state index contributed by atoms with van der Waals surface area (Å²) in [4.78, 5) is 11.6. The Bertz CT molecular complexity index is 308. The zero-order chi connectivity index (χ0) is 9.84. The summed E-state index contributed by atoms with van der Waals surface area (Å²) in [6, 6.07) is 1.26. The molecule has 0 radical (unpaired) electrons. The van der Waals surface area contributed by atoms with Crippen LogP contribution in [0, 0.1) is 0 Å². The highest BCUT2D eigenvalue weighted by Gasteiger charge is 2.11. The van der Waals surface area contributed by atoms with Crippen LogP contribution in [0.15, 0.2) is 23.0 Å². The van der Waals surface area contributed by atoms with E-state index in [4.69, 9.17) is 22.4 Å². The molecule has 4 nitrogen and oxygen atoms in total. The van der Waals surface area contributed by atoms with Gasteiger partial charge >= 0.3 is 0 Å². The minimum Gasteiger partial charge on any atom is -0.472 e. The number of thiocarbonyl (C=S) groups is 1. The lowest BCUT2D eigenvalue weighted by Crippen LogP contribution is -2.41. The number of hydrogen-bond acceptors (Lipinski definition) is 3. The molecule has 1 amide bonds. The zero-order valence-electron chi connectivity index (χ0n) is 7.11. The highest BCUT2D eigenvalue weighted by molar-refractivity contribution is 7.80. The van der Waals surface area contributed by atoms with Crippen molar-refractivity contribution >= 4 is 23.1 Å². The zero-order valence-corrected chi connectivity index (χ0v) is 7.93. The highest BCUT2D eigenvalue weighted by Crippen LogP contribution is 1.99. The number of hydrogen-bond donors (Lipinski definition) is 2. The maximum atomic E-state index is 11.3. The fraction of sp³-hybridized carbons (Fsp3) is 0.250. The summed E-state index contributed by atoms with van der Waals surface area (Å²) in [6.45, 7) is 1.72. The van der Waals surface area contributed by atoms with Gasteiger partial charge in [0, 0.05) is 0 Å². The molecule has 3 N–H and O–H groups in total. The van der Waals surface area contributed by atoms with Crippen LogP contribution in [-0.4, -0.2) is 16.9 Å². The summed E-state index contributed by atoms with van der Waals surface area (Å²) in [6.07, 6.45) is 2.79. The van der Waals surface area contributed by atoms with E-state index in [9.17, 15) is 4.79 Å². The molecule has 5 heteroatoms. The molecular formula is C8H10N2O2S. The van der Waals surface area contributed by atoms with Gasteiger partial charge < -0.3 is 15.5 Å². The lowest BCUT2D eigenvalue weighted by atomic mass is 10.3. The van der Waals surface area contributed by atoms with Crippen molar-refractivity contribution in [2.45, 2.75) is 13.0 Å². The minimum atomic E-state index is -0.308. The van der Waals surface area contributed by atoms with Gasteiger partial charge in [-0.2, -0.15) is 0 Å². The van der Waals surface area contributed by atoms with Gasteiger partial charge in [0.15, 0.2) is 0 Å². The Morgan fingerprint density at radius 3 is 2.92 bits per heavy atom. The molecule has 1 aromatic heterocycles. The van der Waals surface area contributed by atoms with Gasteiger partial charge in [0.1, 0.15) is 6.26 Å². The number of carbonyl (C=O) groups excluding carboxylic acids is 1. The lowest BCUT2D eigenvalue weighted by Gasteiger charge is -2.10. The van der Waals surface area contributed by atoms with E-state index in [0.717, 1.165) is 0 Å². The van der Waals surface area contributed by atoms with Crippen LogP contribution >= 0.6 is 12.2 Å². The van der Waals surface area contributed by atoms with Crippen LogP contribution < -0.4 is 11.1 Å². The predicted molar refractivity (Wildman–Crippen MR) is 52.4 cm³/mol. The van der Waals surface area contributed by atoms with Gasteiger partial charge in [0.05, 0.1) is 22.9 Å². The lowest BCUT2D eigenvalue weighted by molar-refractivity contribution is 0.0948. The van der Waals surface area contributed by atoms with Crippen molar-refractivity contribution in [1.29, 1.82) is 0 Å². The van der Waals surface area contributed by atoms with Crippen LogP contribution in [-0.2, 0) is 0 Å². The number of nitrogens with one attached hydrogen (secondary N) is 1. The van der Waals surface area contributed by atoms with Crippen LogP contribution in [0.25, 0.3) is 0 Å². The van der Waals surface area contributed by atoms with E-state index >= 15 is 0 Å². The molecular weight excluding hydrogens is 188 g/mol. The molecule has 0 spiro atoms. The Labute approximate surface area is 81.1 Å². The first-order valence-electron chi connectivity index (χ1n) is 3.73. The van der Waals surface area contributed by atoms with Crippen molar-refractivity contribution in [3.8, 4) is 0 Å². The molecule has 0 aliphatic heterocycles. The molecule has 0 aliphatic rings. The summed E-state index contributed by atoms with van der Waals surface area (Å²) in [5.41, 5.74) is 5.79. The average Bonchev–Trinajstić information content (AvgIpc) is 2.55. The monoisotopic (exact) mass is 198 g/mol. The Morgan fingerprint density at radius 2 is 2.46 bits per heavy atom. The molecule has 0 aliphatic carbocycles. The number of carbonyl (C=O) groups is 1. The fourth-order valence-electron chi connectivity index (χ4n) is 0.745. The van der Waals surface area contributed by atoms with Gasteiger partial charge in [-0.05, 0) is 13.0 Å². The Kier molecular flexibility index (Phi) is 3.02. The maximum absolute atomic E-state index is 11.3. The summed E-state index contributed by atoms with van der Waals surface area (Å²) in [5, 5.41) is 2.62. The third kappa shape index (κ3) is 2.55. The molecule has 0 saturated heterocycles. The van der Waals surface area contributed by atoms with Crippen molar-refractivity contribution in [1.82, 2.24) is 5.32 Å². The molecule has 1 heterocycles. The number of nitrogens with two attached hydrogens (primary N) is 1. The number of furan rings is 1. The second-order valence-electron chi connectivity index (χ2n) is 2.61. The first-order chi connectivity index (χ1) is 6.11. The minimum absolute atomic E-state index is 0.242. The van der Waals surface area contributed by atoms with E-state index in [1.165, 1.54) is 12.5 Å². The fourth-order valence-corrected chi connectivity index (χ4v) is 0.804. The average molecular weight is 198 g/mol. The second kappa shape index (κ2) is 4.04. The molecule has 1 aromatic rings.